The Hall–Kier alpha value is -2.90. The number of thiazole rings is 1. The Morgan fingerprint density at radius 1 is 1.25 bits per heavy atom. The Balaban J connectivity index is 2.14. The third-order valence-corrected chi connectivity index (χ3v) is 6.74. The van der Waals surface area contributed by atoms with Crippen molar-refractivity contribution in [3.05, 3.63) is 28.5 Å². The number of alkyl halides is 6. The first kappa shape index (κ1) is 27.7. The molecule has 0 unspecified atom stereocenters. The van der Waals surface area contributed by atoms with Crippen molar-refractivity contribution in [3.8, 4) is 10.4 Å². The number of amides is 1. The summed E-state index contributed by atoms with van der Waals surface area (Å²) in [6, 6.07) is -1.83. The second-order valence-electron chi connectivity index (χ2n) is 8.17. The smallest absolute Gasteiger partial charge is 0.417 e. The van der Waals surface area contributed by atoms with Crippen molar-refractivity contribution < 1.29 is 40.7 Å². The van der Waals surface area contributed by atoms with E-state index in [9.17, 15) is 35.9 Å². The normalized spacial score (nSPS) is 17.2. The average molecular weight is 539 g/mol. The van der Waals surface area contributed by atoms with E-state index in [2.05, 4.69) is 9.97 Å². The third-order valence-electron chi connectivity index (χ3n) is 5.67. The zero-order chi connectivity index (χ0) is 26.8. The van der Waals surface area contributed by atoms with Crippen molar-refractivity contribution in [2.45, 2.75) is 64.5 Å². The lowest BCUT2D eigenvalue weighted by Crippen LogP contribution is -2.35. The largest absolute Gasteiger partial charge is 0.461 e. The van der Waals surface area contributed by atoms with Gasteiger partial charge in [-0.2, -0.15) is 26.3 Å². The van der Waals surface area contributed by atoms with Crippen molar-refractivity contribution in [2.24, 2.45) is 0 Å². The van der Waals surface area contributed by atoms with Crippen molar-refractivity contribution in [2.75, 3.05) is 18.5 Å². The number of hydrogen-bond acceptors (Lipinski definition) is 7. The molecule has 3 rings (SSSR count). The van der Waals surface area contributed by atoms with Crippen LogP contribution in [-0.4, -0.2) is 58.2 Å². The Bertz CT molecular complexity index is 1120. The van der Waals surface area contributed by atoms with Gasteiger partial charge in [0.1, 0.15) is 17.6 Å². The molecule has 0 aliphatic carbocycles. The summed E-state index contributed by atoms with van der Waals surface area (Å²) in [6.07, 6.45) is -8.01. The highest BCUT2D eigenvalue weighted by molar-refractivity contribution is 7.17. The standard InChI is InChI=1S/C22H24F6N4O3S/c1-4-14(22(26,27)28)30-15-9-13(21(23,24)25)12(10-29-15)17-16(19(33)32-8-6-7-11(32)3)31-18(36-17)20(34)35-5-2/h9-11,14H,4-8H2,1-3H3,(H,29,30)/t11-,14-/m0/s1. The van der Waals surface area contributed by atoms with Crippen LogP contribution in [0.5, 0.6) is 0 Å². The molecule has 1 aliphatic rings. The van der Waals surface area contributed by atoms with Crippen LogP contribution in [0.25, 0.3) is 10.4 Å². The van der Waals surface area contributed by atoms with E-state index in [0.717, 1.165) is 6.20 Å². The number of nitrogens with one attached hydrogen (secondary N) is 1. The van der Waals surface area contributed by atoms with Gasteiger partial charge in [0.25, 0.3) is 5.91 Å². The van der Waals surface area contributed by atoms with Crippen LogP contribution in [0, 0.1) is 0 Å². The number of hydrogen-bond donors (Lipinski definition) is 1. The molecule has 1 aliphatic heterocycles. The summed E-state index contributed by atoms with van der Waals surface area (Å²) in [5, 5.41) is 1.67. The SMILES string of the molecule is CCOC(=O)c1nc(C(=O)N2CCC[C@@H]2C)c(-c2cnc(N[C@@H](CC)C(F)(F)F)cc2C(F)(F)F)s1. The summed E-state index contributed by atoms with van der Waals surface area (Å²) in [7, 11) is 0. The number of carbonyl (C=O) groups is 2. The highest BCUT2D eigenvalue weighted by atomic mass is 32.1. The summed E-state index contributed by atoms with van der Waals surface area (Å²) in [5.74, 6) is -2.19. The third kappa shape index (κ3) is 5.90. The summed E-state index contributed by atoms with van der Waals surface area (Å²) < 4.78 is 86.5. The Kier molecular flexibility index (Phi) is 8.16. The number of nitrogens with zero attached hydrogens (tertiary/aromatic N) is 3. The van der Waals surface area contributed by atoms with Gasteiger partial charge in [-0.15, -0.1) is 11.3 Å². The van der Waals surface area contributed by atoms with Crippen molar-refractivity contribution in [3.63, 3.8) is 0 Å². The van der Waals surface area contributed by atoms with Crippen LogP contribution in [0.15, 0.2) is 12.3 Å². The number of anilines is 1. The van der Waals surface area contributed by atoms with Gasteiger partial charge in [-0.25, -0.2) is 14.8 Å². The van der Waals surface area contributed by atoms with Crippen molar-refractivity contribution in [1.82, 2.24) is 14.9 Å². The topological polar surface area (TPSA) is 84.4 Å². The van der Waals surface area contributed by atoms with Gasteiger partial charge in [-0.05, 0) is 39.2 Å². The maximum Gasteiger partial charge on any atom is 0.417 e. The van der Waals surface area contributed by atoms with Gasteiger partial charge in [-0.3, -0.25) is 4.79 Å². The fourth-order valence-corrected chi connectivity index (χ4v) is 4.82. The molecule has 0 spiro atoms. The van der Waals surface area contributed by atoms with Gasteiger partial charge in [0.15, 0.2) is 0 Å². The molecule has 7 nitrogen and oxygen atoms in total. The number of esters is 1. The van der Waals surface area contributed by atoms with Crippen molar-refractivity contribution >= 4 is 29.0 Å². The minimum atomic E-state index is -5.01. The van der Waals surface area contributed by atoms with E-state index in [0.29, 0.717) is 36.8 Å². The molecule has 3 heterocycles. The van der Waals surface area contributed by atoms with Crippen LogP contribution in [0.4, 0.5) is 32.2 Å². The monoisotopic (exact) mass is 538 g/mol. The van der Waals surface area contributed by atoms with Gasteiger partial charge in [0.2, 0.25) is 5.01 Å². The molecule has 1 saturated heterocycles. The molecular formula is C22H24F6N4O3S. The fraction of sp³-hybridized carbons (Fsp3) is 0.545. The first-order valence-corrected chi connectivity index (χ1v) is 12.0. The maximum atomic E-state index is 14.1. The van der Waals surface area contributed by atoms with Crippen LogP contribution in [0.2, 0.25) is 0 Å². The van der Waals surface area contributed by atoms with Gasteiger partial charge in [0.05, 0.1) is 17.0 Å². The van der Waals surface area contributed by atoms with Crippen LogP contribution in [0.1, 0.15) is 65.9 Å². The number of rotatable bonds is 7. The second kappa shape index (κ2) is 10.6. The van der Waals surface area contributed by atoms with E-state index in [-0.39, 0.29) is 28.2 Å². The van der Waals surface area contributed by atoms with Gasteiger partial charge < -0.3 is 15.0 Å². The molecule has 1 fully saturated rings. The average Bonchev–Trinajstić information content (AvgIpc) is 3.42. The van der Waals surface area contributed by atoms with E-state index in [1.165, 1.54) is 18.7 Å². The second-order valence-corrected chi connectivity index (χ2v) is 9.17. The molecule has 1 amide bonds. The van der Waals surface area contributed by atoms with E-state index in [1.54, 1.807) is 6.92 Å². The summed E-state index contributed by atoms with van der Waals surface area (Å²) in [4.78, 5) is 34.5. The maximum absolute atomic E-state index is 14.1. The molecule has 2 aromatic rings. The quantitative estimate of drug-likeness (QED) is 0.356. The van der Waals surface area contributed by atoms with E-state index in [4.69, 9.17) is 4.74 Å². The molecule has 0 saturated carbocycles. The lowest BCUT2D eigenvalue weighted by atomic mass is 10.1. The minimum Gasteiger partial charge on any atom is -0.461 e. The lowest BCUT2D eigenvalue weighted by Gasteiger charge is -2.22. The van der Waals surface area contributed by atoms with E-state index >= 15 is 0 Å². The summed E-state index contributed by atoms with van der Waals surface area (Å²) in [6.45, 7) is 4.90. The predicted molar refractivity (Wildman–Crippen MR) is 120 cm³/mol. The number of pyridine rings is 1. The van der Waals surface area contributed by atoms with Crippen LogP contribution < -0.4 is 5.32 Å². The fourth-order valence-electron chi connectivity index (χ4n) is 3.84. The zero-order valence-electron chi connectivity index (χ0n) is 19.6. The number of halogens is 6. The Labute approximate surface area is 206 Å². The number of ether oxygens (including phenoxy) is 1. The van der Waals surface area contributed by atoms with Crippen LogP contribution >= 0.6 is 11.3 Å². The molecule has 1 N–H and O–H groups in total. The molecule has 0 radical (unpaired) electrons. The molecular weight excluding hydrogens is 514 g/mol. The lowest BCUT2D eigenvalue weighted by molar-refractivity contribution is -0.142. The molecule has 0 aromatic carbocycles. The Morgan fingerprint density at radius 3 is 2.47 bits per heavy atom. The van der Waals surface area contributed by atoms with Gasteiger partial charge >= 0.3 is 18.3 Å². The first-order valence-electron chi connectivity index (χ1n) is 11.2. The van der Waals surface area contributed by atoms with Crippen LogP contribution in [0.3, 0.4) is 0 Å². The summed E-state index contributed by atoms with van der Waals surface area (Å²) >= 11 is 0.534. The highest BCUT2D eigenvalue weighted by Crippen LogP contribution is 2.42. The summed E-state index contributed by atoms with van der Waals surface area (Å²) in [5.41, 5.74) is -2.26. The highest BCUT2D eigenvalue weighted by Gasteiger charge is 2.41. The van der Waals surface area contributed by atoms with Crippen molar-refractivity contribution in [1.29, 1.82) is 0 Å². The van der Waals surface area contributed by atoms with E-state index in [1.807, 2.05) is 5.32 Å². The first-order chi connectivity index (χ1) is 16.8. The van der Waals surface area contributed by atoms with Gasteiger partial charge in [-0.1, -0.05) is 6.92 Å². The molecule has 14 heteroatoms. The Morgan fingerprint density at radius 2 is 1.94 bits per heavy atom. The zero-order valence-corrected chi connectivity index (χ0v) is 20.4. The molecule has 2 aromatic heterocycles. The molecule has 36 heavy (non-hydrogen) atoms. The molecule has 2 atom stereocenters. The van der Waals surface area contributed by atoms with E-state index < -0.39 is 53.6 Å². The molecule has 198 valence electrons. The minimum absolute atomic E-state index is 0.0201. The number of aromatic nitrogens is 2. The predicted octanol–water partition coefficient (Wildman–Crippen LogP) is 5.78. The molecule has 0 bridgehead atoms. The number of likely N-dealkylation sites (tertiary alicyclic amines) is 1. The van der Waals surface area contributed by atoms with Crippen LogP contribution in [-0.2, 0) is 10.9 Å². The van der Waals surface area contributed by atoms with Gasteiger partial charge in [0, 0.05) is 24.3 Å². The number of carbonyl (C=O) groups excluding carboxylic acids is 2.